The lowest BCUT2D eigenvalue weighted by Crippen LogP contribution is -2.36. The molecule has 0 atom stereocenters. The molecular weight excluding hydrogens is 230 g/mol. The van der Waals surface area contributed by atoms with Crippen LogP contribution < -0.4 is 5.32 Å². The normalized spacial score (nSPS) is 11.8. The van der Waals surface area contributed by atoms with E-state index in [0.29, 0.717) is 0 Å². The highest BCUT2D eigenvalue weighted by atomic mass is 14.9. The number of hydrogen-bond acceptors (Lipinski definition) is 1. The Balaban J connectivity index is 2.37. The fourth-order valence-electron chi connectivity index (χ4n) is 2.43. The molecule has 1 rings (SSSR count). The summed E-state index contributed by atoms with van der Waals surface area (Å²) in [6.07, 6.45) is 6.05. The van der Waals surface area contributed by atoms with Crippen LogP contribution >= 0.6 is 0 Å². The molecule has 0 spiro atoms. The zero-order valence-corrected chi connectivity index (χ0v) is 13.5. The van der Waals surface area contributed by atoms with Gasteiger partial charge in [0.15, 0.2) is 0 Å². The van der Waals surface area contributed by atoms with Crippen molar-refractivity contribution in [3.05, 3.63) is 34.9 Å². The summed E-state index contributed by atoms with van der Waals surface area (Å²) in [6.45, 7) is 12.3. The van der Waals surface area contributed by atoms with E-state index in [2.05, 4.69) is 58.1 Å². The van der Waals surface area contributed by atoms with Crippen LogP contribution in [0.4, 0.5) is 0 Å². The smallest absolute Gasteiger partial charge is 0.00965 e. The summed E-state index contributed by atoms with van der Waals surface area (Å²) in [6, 6.07) is 7.05. The second-order valence-electron chi connectivity index (χ2n) is 6.44. The van der Waals surface area contributed by atoms with Gasteiger partial charge in [-0.1, -0.05) is 32.0 Å². The fourth-order valence-corrected chi connectivity index (χ4v) is 2.43. The van der Waals surface area contributed by atoms with Gasteiger partial charge in [0.05, 0.1) is 0 Å². The highest BCUT2D eigenvalue weighted by Crippen LogP contribution is 2.15. The van der Waals surface area contributed by atoms with Crippen LogP contribution in [0.25, 0.3) is 0 Å². The molecule has 0 bridgehead atoms. The minimum Gasteiger partial charge on any atom is -0.312 e. The Bertz CT molecular complexity index is 374. The Morgan fingerprint density at radius 1 is 0.947 bits per heavy atom. The van der Waals surface area contributed by atoms with Crippen molar-refractivity contribution in [3.63, 3.8) is 0 Å². The van der Waals surface area contributed by atoms with E-state index in [1.54, 1.807) is 0 Å². The van der Waals surface area contributed by atoms with Crippen molar-refractivity contribution in [3.8, 4) is 0 Å². The Labute approximate surface area is 119 Å². The lowest BCUT2D eigenvalue weighted by atomic mass is 9.97. The molecule has 0 aliphatic carbocycles. The van der Waals surface area contributed by atoms with Crippen LogP contribution in [-0.4, -0.2) is 12.1 Å². The van der Waals surface area contributed by atoms with E-state index < -0.39 is 0 Å². The SMILES string of the molecule is CCc1ccc(CCCCNC(C)(C)C)cc1CC. The molecule has 1 heteroatoms. The standard InChI is InChI=1S/C18H31N/c1-6-16-12-11-15(14-17(16)7-2)10-8-9-13-19-18(3,4)5/h11-12,14,19H,6-10,13H2,1-5H3. The average molecular weight is 261 g/mol. The van der Waals surface area contributed by atoms with Crippen molar-refractivity contribution < 1.29 is 0 Å². The van der Waals surface area contributed by atoms with Gasteiger partial charge in [0.1, 0.15) is 0 Å². The lowest BCUT2D eigenvalue weighted by Gasteiger charge is -2.20. The first-order valence-electron chi connectivity index (χ1n) is 7.82. The molecule has 0 amide bonds. The van der Waals surface area contributed by atoms with Gasteiger partial charge in [0.2, 0.25) is 0 Å². The first-order chi connectivity index (χ1) is 8.96. The minimum absolute atomic E-state index is 0.248. The van der Waals surface area contributed by atoms with Crippen LogP contribution in [0.15, 0.2) is 18.2 Å². The summed E-state index contributed by atoms with van der Waals surface area (Å²) in [5.41, 5.74) is 4.80. The van der Waals surface area contributed by atoms with Gasteiger partial charge < -0.3 is 5.32 Å². The van der Waals surface area contributed by atoms with Gasteiger partial charge in [0.25, 0.3) is 0 Å². The van der Waals surface area contributed by atoms with Gasteiger partial charge in [-0.2, -0.15) is 0 Å². The van der Waals surface area contributed by atoms with E-state index in [9.17, 15) is 0 Å². The van der Waals surface area contributed by atoms with Crippen molar-refractivity contribution in [2.75, 3.05) is 6.54 Å². The number of nitrogens with one attached hydrogen (secondary N) is 1. The van der Waals surface area contributed by atoms with Crippen molar-refractivity contribution in [2.45, 2.75) is 72.3 Å². The average Bonchev–Trinajstić information content (AvgIpc) is 2.36. The molecule has 0 saturated heterocycles. The number of unbranched alkanes of at least 4 members (excludes halogenated alkanes) is 1. The first-order valence-corrected chi connectivity index (χ1v) is 7.82. The maximum Gasteiger partial charge on any atom is 0.00965 e. The summed E-state index contributed by atoms with van der Waals surface area (Å²) in [7, 11) is 0. The second-order valence-corrected chi connectivity index (χ2v) is 6.44. The molecular formula is C18H31N. The van der Waals surface area contributed by atoms with Gasteiger partial charge in [-0.05, 0) is 76.1 Å². The molecule has 0 aliphatic heterocycles. The van der Waals surface area contributed by atoms with Crippen LogP contribution in [0.1, 0.15) is 64.2 Å². The van der Waals surface area contributed by atoms with Gasteiger partial charge in [0, 0.05) is 5.54 Å². The van der Waals surface area contributed by atoms with Gasteiger partial charge in [-0.3, -0.25) is 0 Å². The van der Waals surface area contributed by atoms with Crippen molar-refractivity contribution in [1.82, 2.24) is 5.32 Å². The van der Waals surface area contributed by atoms with Crippen molar-refractivity contribution in [1.29, 1.82) is 0 Å². The number of rotatable bonds is 7. The molecule has 1 N–H and O–H groups in total. The molecule has 1 nitrogen and oxygen atoms in total. The van der Waals surface area contributed by atoms with Crippen LogP contribution in [0.3, 0.4) is 0 Å². The van der Waals surface area contributed by atoms with E-state index in [1.807, 2.05) is 0 Å². The molecule has 0 saturated carbocycles. The van der Waals surface area contributed by atoms with Crippen LogP contribution in [0.2, 0.25) is 0 Å². The zero-order chi connectivity index (χ0) is 14.3. The largest absolute Gasteiger partial charge is 0.312 e. The maximum atomic E-state index is 3.55. The lowest BCUT2D eigenvalue weighted by molar-refractivity contribution is 0.419. The first kappa shape index (κ1) is 16.2. The monoisotopic (exact) mass is 261 g/mol. The molecule has 0 unspecified atom stereocenters. The van der Waals surface area contributed by atoms with Crippen molar-refractivity contribution >= 4 is 0 Å². The van der Waals surface area contributed by atoms with Crippen LogP contribution in [0.5, 0.6) is 0 Å². The molecule has 19 heavy (non-hydrogen) atoms. The topological polar surface area (TPSA) is 12.0 Å². The molecule has 0 fully saturated rings. The molecule has 1 aromatic rings. The summed E-state index contributed by atoms with van der Waals surface area (Å²) in [4.78, 5) is 0. The van der Waals surface area contributed by atoms with Gasteiger partial charge >= 0.3 is 0 Å². The zero-order valence-electron chi connectivity index (χ0n) is 13.5. The minimum atomic E-state index is 0.248. The summed E-state index contributed by atoms with van der Waals surface area (Å²) >= 11 is 0. The van der Waals surface area contributed by atoms with Gasteiger partial charge in [-0.25, -0.2) is 0 Å². The Morgan fingerprint density at radius 3 is 2.21 bits per heavy atom. The van der Waals surface area contributed by atoms with E-state index in [1.165, 1.54) is 36.0 Å². The Morgan fingerprint density at radius 2 is 1.63 bits per heavy atom. The number of aryl methyl sites for hydroxylation is 3. The number of hydrogen-bond donors (Lipinski definition) is 1. The fraction of sp³-hybridized carbons (Fsp3) is 0.667. The maximum absolute atomic E-state index is 3.55. The Hall–Kier alpha value is -0.820. The second kappa shape index (κ2) is 7.69. The molecule has 0 heterocycles. The predicted octanol–water partition coefficient (Wildman–Crippen LogP) is 4.52. The summed E-state index contributed by atoms with van der Waals surface area (Å²) in [5.74, 6) is 0. The van der Waals surface area contributed by atoms with Gasteiger partial charge in [-0.15, -0.1) is 0 Å². The molecule has 1 aromatic carbocycles. The molecule has 0 aliphatic rings. The third-order valence-corrected chi connectivity index (χ3v) is 3.58. The van der Waals surface area contributed by atoms with E-state index in [0.717, 1.165) is 19.4 Å². The molecule has 0 radical (unpaired) electrons. The summed E-state index contributed by atoms with van der Waals surface area (Å²) < 4.78 is 0. The predicted molar refractivity (Wildman–Crippen MR) is 85.9 cm³/mol. The molecule has 108 valence electrons. The van der Waals surface area contributed by atoms with Crippen LogP contribution in [-0.2, 0) is 19.3 Å². The van der Waals surface area contributed by atoms with E-state index in [4.69, 9.17) is 0 Å². The Kier molecular flexibility index (Phi) is 6.57. The van der Waals surface area contributed by atoms with E-state index in [-0.39, 0.29) is 5.54 Å². The highest BCUT2D eigenvalue weighted by molar-refractivity contribution is 5.32. The summed E-state index contributed by atoms with van der Waals surface area (Å²) in [5, 5.41) is 3.55. The number of benzene rings is 1. The highest BCUT2D eigenvalue weighted by Gasteiger charge is 2.07. The quantitative estimate of drug-likeness (QED) is 0.711. The van der Waals surface area contributed by atoms with Crippen molar-refractivity contribution in [2.24, 2.45) is 0 Å². The third kappa shape index (κ3) is 6.24. The molecule has 0 aromatic heterocycles. The van der Waals surface area contributed by atoms with E-state index >= 15 is 0 Å². The third-order valence-electron chi connectivity index (χ3n) is 3.58. The van der Waals surface area contributed by atoms with Crippen LogP contribution in [0, 0.1) is 0 Å².